The van der Waals surface area contributed by atoms with E-state index < -0.39 is 0 Å². The van der Waals surface area contributed by atoms with E-state index in [1.54, 1.807) is 6.20 Å². The van der Waals surface area contributed by atoms with E-state index >= 15 is 0 Å². The van der Waals surface area contributed by atoms with Gasteiger partial charge in [-0.3, -0.25) is 9.67 Å². The number of hydrogen-bond donors (Lipinski definition) is 0. The van der Waals surface area contributed by atoms with Crippen LogP contribution in [0, 0.1) is 0 Å². The number of hydrogen-bond acceptors (Lipinski definition) is 2. The fourth-order valence-corrected chi connectivity index (χ4v) is 1.64. The average molecular weight is 217 g/mol. The van der Waals surface area contributed by atoms with E-state index in [2.05, 4.69) is 35.9 Å². The minimum Gasteiger partial charge on any atom is -0.272 e. The third-order valence-electron chi connectivity index (χ3n) is 2.36. The fraction of sp³-hybridized carbons (Fsp3) is 0.385. The Labute approximate surface area is 97.2 Å². The van der Waals surface area contributed by atoms with Gasteiger partial charge in [-0.1, -0.05) is 19.6 Å². The van der Waals surface area contributed by atoms with Crippen molar-refractivity contribution in [2.24, 2.45) is 4.99 Å². The molecular weight excluding hydrogens is 198 g/mol. The lowest BCUT2D eigenvalue weighted by atomic mass is 10.1. The average Bonchev–Trinajstić information content (AvgIpc) is 2.68. The quantitative estimate of drug-likeness (QED) is 0.696. The Balaban J connectivity index is 2.96. The Morgan fingerprint density at radius 1 is 1.62 bits per heavy atom. The van der Waals surface area contributed by atoms with E-state index in [1.165, 1.54) is 0 Å². The van der Waals surface area contributed by atoms with E-state index in [4.69, 9.17) is 0 Å². The zero-order chi connectivity index (χ0) is 12.0. The molecule has 0 aromatic carbocycles. The predicted octanol–water partition coefficient (Wildman–Crippen LogP) is 3.30. The molecule has 0 bridgehead atoms. The van der Waals surface area contributed by atoms with Crippen molar-refractivity contribution in [1.29, 1.82) is 0 Å². The molecule has 3 nitrogen and oxygen atoms in total. The van der Waals surface area contributed by atoms with Crippen LogP contribution in [0.4, 0.5) is 0 Å². The van der Waals surface area contributed by atoms with Gasteiger partial charge in [0, 0.05) is 35.8 Å². The smallest absolute Gasteiger partial charge is 0.0568 e. The molecule has 1 aromatic rings. The molecule has 16 heavy (non-hydrogen) atoms. The molecule has 1 aromatic heterocycles. The van der Waals surface area contributed by atoms with Crippen LogP contribution in [0.5, 0.6) is 0 Å². The van der Waals surface area contributed by atoms with Crippen LogP contribution >= 0.6 is 0 Å². The monoisotopic (exact) mass is 217 g/mol. The number of allylic oxidation sites excluding steroid dienone is 2. The van der Waals surface area contributed by atoms with Gasteiger partial charge in [0.1, 0.15) is 0 Å². The van der Waals surface area contributed by atoms with E-state index in [-0.39, 0.29) is 0 Å². The van der Waals surface area contributed by atoms with E-state index in [1.807, 2.05) is 24.7 Å². The van der Waals surface area contributed by atoms with Crippen LogP contribution in [-0.2, 0) is 6.54 Å². The molecule has 0 radical (unpaired) electrons. The van der Waals surface area contributed by atoms with Gasteiger partial charge in [0.15, 0.2) is 0 Å². The van der Waals surface area contributed by atoms with Crippen LogP contribution in [0.15, 0.2) is 36.2 Å². The van der Waals surface area contributed by atoms with Crippen molar-refractivity contribution >= 4 is 11.3 Å². The van der Waals surface area contributed by atoms with Gasteiger partial charge in [0.2, 0.25) is 0 Å². The number of rotatable bonds is 5. The van der Waals surface area contributed by atoms with Gasteiger partial charge in [-0.05, 0) is 20.3 Å². The van der Waals surface area contributed by atoms with Crippen molar-refractivity contribution in [3.63, 3.8) is 0 Å². The summed E-state index contributed by atoms with van der Waals surface area (Å²) in [6, 6.07) is 0. The largest absolute Gasteiger partial charge is 0.272 e. The molecule has 0 amide bonds. The first-order valence-corrected chi connectivity index (χ1v) is 5.57. The summed E-state index contributed by atoms with van der Waals surface area (Å²) in [7, 11) is 0. The number of aromatic nitrogens is 2. The Morgan fingerprint density at radius 3 is 2.94 bits per heavy atom. The predicted molar refractivity (Wildman–Crippen MR) is 69.5 cm³/mol. The second-order valence-electron chi connectivity index (χ2n) is 3.59. The Kier molecular flexibility index (Phi) is 4.70. The van der Waals surface area contributed by atoms with Crippen LogP contribution in [0.1, 0.15) is 32.8 Å². The summed E-state index contributed by atoms with van der Waals surface area (Å²) in [4.78, 5) is 4.20. The van der Waals surface area contributed by atoms with Gasteiger partial charge >= 0.3 is 0 Å². The maximum atomic E-state index is 4.31. The second kappa shape index (κ2) is 6.05. The molecule has 0 fully saturated rings. The number of nitrogens with zero attached hydrogens (tertiary/aromatic N) is 3. The highest BCUT2D eigenvalue weighted by Gasteiger charge is 2.06. The molecule has 1 heterocycles. The molecule has 0 saturated carbocycles. The lowest BCUT2D eigenvalue weighted by Crippen LogP contribution is -1.97. The molecule has 0 unspecified atom stereocenters. The molecule has 3 heteroatoms. The summed E-state index contributed by atoms with van der Waals surface area (Å²) >= 11 is 0. The highest BCUT2D eigenvalue weighted by Crippen LogP contribution is 2.15. The Bertz CT molecular complexity index is 411. The summed E-state index contributed by atoms with van der Waals surface area (Å²) in [5, 5.41) is 4.31. The van der Waals surface area contributed by atoms with Gasteiger partial charge in [0.25, 0.3) is 0 Å². The minimum absolute atomic E-state index is 0.953. The number of aliphatic imine (C=N–C) groups is 1. The van der Waals surface area contributed by atoms with Gasteiger partial charge in [-0.25, -0.2) is 0 Å². The summed E-state index contributed by atoms with van der Waals surface area (Å²) < 4.78 is 1.96. The van der Waals surface area contributed by atoms with Crippen LogP contribution < -0.4 is 0 Å². The van der Waals surface area contributed by atoms with Crippen molar-refractivity contribution in [3.05, 3.63) is 36.8 Å². The standard InChI is InChI=1S/C13H19N3/c1-5-8-16-10-12(9-15-16)13(6-2)11(4)14-7-3/h6-7,9-10H,3,5,8H2,1-2,4H3/b13-6+,14-11?. The third kappa shape index (κ3) is 2.92. The van der Waals surface area contributed by atoms with Gasteiger partial charge in [-0.2, -0.15) is 5.10 Å². The van der Waals surface area contributed by atoms with E-state index in [0.29, 0.717) is 0 Å². The van der Waals surface area contributed by atoms with Gasteiger partial charge in [-0.15, -0.1) is 0 Å². The van der Waals surface area contributed by atoms with Crippen LogP contribution in [0.2, 0.25) is 0 Å². The lowest BCUT2D eigenvalue weighted by molar-refractivity contribution is 0.602. The number of aryl methyl sites for hydroxylation is 1. The summed E-state index contributed by atoms with van der Waals surface area (Å²) in [6.45, 7) is 10.7. The zero-order valence-electron chi connectivity index (χ0n) is 10.3. The van der Waals surface area contributed by atoms with Crippen LogP contribution in [-0.4, -0.2) is 15.5 Å². The first-order valence-electron chi connectivity index (χ1n) is 5.57. The highest BCUT2D eigenvalue weighted by molar-refractivity contribution is 6.22. The fourth-order valence-electron chi connectivity index (χ4n) is 1.64. The topological polar surface area (TPSA) is 30.2 Å². The Hall–Kier alpha value is -1.64. The maximum Gasteiger partial charge on any atom is 0.0568 e. The molecule has 0 spiro atoms. The summed E-state index contributed by atoms with van der Waals surface area (Å²) in [5.74, 6) is 0. The molecule has 86 valence electrons. The minimum atomic E-state index is 0.953. The third-order valence-corrected chi connectivity index (χ3v) is 2.36. The van der Waals surface area contributed by atoms with E-state index in [9.17, 15) is 0 Å². The molecule has 0 atom stereocenters. The SMILES string of the molecule is C=CN=C(C)/C(=C\C)c1cnn(CCC)c1. The zero-order valence-corrected chi connectivity index (χ0v) is 10.3. The maximum absolute atomic E-state index is 4.31. The molecule has 1 rings (SSSR count). The van der Waals surface area contributed by atoms with Crippen molar-refractivity contribution in [2.75, 3.05) is 0 Å². The van der Waals surface area contributed by atoms with E-state index in [0.717, 1.165) is 29.8 Å². The van der Waals surface area contributed by atoms with Crippen LogP contribution in [0.25, 0.3) is 5.57 Å². The molecule has 0 N–H and O–H groups in total. The normalized spacial score (nSPS) is 12.9. The molecule has 0 saturated heterocycles. The second-order valence-corrected chi connectivity index (χ2v) is 3.59. The first kappa shape index (κ1) is 12.4. The van der Waals surface area contributed by atoms with Crippen molar-refractivity contribution in [1.82, 2.24) is 9.78 Å². The Morgan fingerprint density at radius 2 is 2.38 bits per heavy atom. The molecule has 0 aliphatic carbocycles. The van der Waals surface area contributed by atoms with Crippen LogP contribution in [0.3, 0.4) is 0 Å². The molecular formula is C13H19N3. The van der Waals surface area contributed by atoms with Crippen molar-refractivity contribution in [2.45, 2.75) is 33.7 Å². The highest BCUT2D eigenvalue weighted by atomic mass is 15.3. The van der Waals surface area contributed by atoms with Gasteiger partial charge in [0.05, 0.1) is 6.20 Å². The summed E-state index contributed by atoms with van der Waals surface area (Å²) in [5.41, 5.74) is 3.19. The molecule has 0 aliphatic rings. The van der Waals surface area contributed by atoms with Crippen molar-refractivity contribution in [3.8, 4) is 0 Å². The summed E-state index contributed by atoms with van der Waals surface area (Å²) in [6.07, 6.45) is 8.64. The first-order chi connectivity index (χ1) is 7.72. The molecule has 0 aliphatic heterocycles. The van der Waals surface area contributed by atoms with Gasteiger partial charge < -0.3 is 0 Å². The van der Waals surface area contributed by atoms with Crippen molar-refractivity contribution < 1.29 is 0 Å². The lowest BCUT2D eigenvalue weighted by Gasteiger charge is -2.02.